The summed E-state index contributed by atoms with van der Waals surface area (Å²) in [5, 5.41) is 4.23. The number of nitrogen functional groups attached to an aromatic ring is 1. The Morgan fingerprint density at radius 3 is 2.64 bits per heavy atom. The molecule has 1 saturated carbocycles. The smallest absolute Gasteiger partial charge is 0.254 e. The third-order valence-corrected chi connectivity index (χ3v) is 2.83. The van der Waals surface area contributed by atoms with Crippen LogP contribution in [0.15, 0.2) is 0 Å². The lowest BCUT2D eigenvalue weighted by molar-refractivity contribution is 0.1000. The first-order valence-corrected chi connectivity index (χ1v) is 4.64. The van der Waals surface area contributed by atoms with E-state index < -0.39 is 5.91 Å². The van der Waals surface area contributed by atoms with Gasteiger partial charge in [0.25, 0.3) is 5.91 Å². The molecule has 1 aliphatic carbocycles. The monoisotopic (exact) mass is 194 g/mol. The van der Waals surface area contributed by atoms with Crippen LogP contribution in [0.1, 0.15) is 35.3 Å². The molecule has 0 aromatic carbocycles. The Bertz CT molecular complexity index is 396. The molecule has 4 N–H and O–H groups in total. The van der Waals surface area contributed by atoms with Crippen molar-refractivity contribution in [3.63, 3.8) is 0 Å². The molecule has 76 valence electrons. The van der Waals surface area contributed by atoms with Gasteiger partial charge in [0, 0.05) is 13.0 Å². The van der Waals surface area contributed by atoms with Crippen LogP contribution in [0.5, 0.6) is 0 Å². The highest BCUT2D eigenvalue weighted by molar-refractivity contribution is 5.98. The SMILES string of the molecule is CC1CC1c1nn(C)c(N)c1C(N)=O. The topological polar surface area (TPSA) is 86.9 Å². The molecule has 2 unspecified atom stereocenters. The number of rotatable bonds is 2. The number of amides is 1. The van der Waals surface area contributed by atoms with E-state index in [1.165, 1.54) is 4.68 Å². The molecule has 1 amide bonds. The third-order valence-electron chi connectivity index (χ3n) is 2.83. The zero-order valence-corrected chi connectivity index (χ0v) is 8.32. The highest BCUT2D eigenvalue weighted by Crippen LogP contribution is 2.48. The van der Waals surface area contributed by atoms with Crippen molar-refractivity contribution in [2.45, 2.75) is 19.3 Å². The number of aryl methyl sites for hydroxylation is 1. The van der Waals surface area contributed by atoms with Crippen LogP contribution in [0.25, 0.3) is 0 Å². The molecule has 0 saturated heterocycles. The van der Waals surface area contributed by atoms with Crippen molar-refractivity contribution in [2.75, 3.05) is 5.73 Å². The zero-order chi connectivity index (χ0) is 10.5. The maximum Gasteiger partial charge on any atom is 0.254 e. The van der Waals surface area contributed by atoms with E-state index in [9.17, 15) is 4.79 Å². The average molecular weight is 194 g/mol. The number of nitrogens with zero attached hydrogens (tertiary/aromatic N) is 2. The largest absolute Gasteiger partial charge is 0.383 e. The van der Waals surface area contributed by atoms with E-state index in [1.807, 2.05) is 0 Å². The van der Waals surface area contributed by atoms with Crippen molar-refractivity contribution in [1.82, 2.24) is 9.78 Å². The van der Waals surface area contributed by atoms with Gasteiger partial charge < -0.3 is 11.5 Å². The second kappa shape index (κ2) is 2.73. The van der Waals surface area contributed by atoms with Gasteiger partial charge in [0.1, 0.15) is 11.4 Å². The predicted molar refractivity (Wildman–Crippen MR) is 52.7 cm³/mol. The van der Waals surface area contributed by atoms with E-state index in [4.69, 9.17) is 11.5 Å². The molecule has 0 bridgehead atoms. The Kier molecular flexibility index (Phi) is 1.77. The lowest BCUT2D eigenvalue weighted by Crippen LogP contribution is -2.14. The van der Waals surface area contributed by atoms with Gasteiger partial charge in [0.2, 0.25) is 0 Å². The van der Waals surface area contributed by atoms with Crippen molar-refractivity contribution in [3.8, 4) is 0 Å². The summed E-state index contributed by atoms with van der Waals surface area (Å²) in [5.74, 6) is 0.833. The molecule has 0 spiro atoms. The molecule has 5 heteroatoms. The Balaban J connectivity index is 2.49. The number of carbonyl (C=O) groups is 1. The van der Waals surface area contributed by atoms with E-state index in [0.717, 1.165) is 12.1 Å². The Labute approximate surface area is 82.1 Å². The fraction of sp³-hybridized carbons (Fsp3) is 0.556. The summed E-state index contributed by atoms with van der Waals surface area (Å²) in [5.41, 5.74) is 12.2. The van der Waals surface area contributed by atoms with Gasteiger partial charge in [-0.05, 0) is 12.3 Å². The lowest BCUT2D eigenvalue weighted by Gasteiger charge is -1.96. The minimum atomic E-state index is -0.482. The van der Waals surface area contributed by atoms with Gasteiger partial charge in [0.05, 0.1) is 5.69 Å². The molecule has 5 nitrogen and oxygen atoms in total. The number of carbonyl (C=O) groups excluding carboxylic acids is 1. The third kappa shape index (κ3) is 1.16. The van der Waals surface area contributed by atoms with Crippen LogP contribution in [0, 0.1) is 5.92 Å². The van der Waals surface area contributed by atoms with Gasteiger partial charge in [-0.2, -0.15) is 5.10 Å². The maximum absolute atomic E-state index is 11.2. The lowest BCUT2D eigenvalue weighted by atomic mass is 10.1. The molecule has 1 aromatic rings. The molecular weight excluding hydrogens is 180 g/mol. The van der Waals surface area contributed by atoms with Crippen LogP contribution in [0.4, 0.5) is 5.82 Å². The van der Waals surface area contributed by atoms with E-state index in [1.54, 1.807) is 7.05 Å². The number of anilines is 1. The Morgan fingerprint density at radius 2 is 2.21 bits per heavy atom. The van der Waals surface area contributed by atoms with Gasteiger partial charge in [0.15, 0.2) is 0 Å². The zero-order valence-electron chi connectivity index (χ0n) is 8.32. The molecule has 0 aliphatic heterocycles. The van der Waals surface area contributed by atoms with Gasteiger partial charge >= 0.3 is 0 Å². The van der Waals surface area contributed by atoms with Gasteiger partial charge in [-0.1, -0.05) is 6.92 Å². The molecule has 1 fully saturated rings. The van der Waals surface area contributed by atoms with E-state index in [2.05, 4.69) is 12.0 Å². The first-order valence-electron chi connectivity index (χ1n) is 4.64. The Hall–Kier alpha value is -1.52. The second-order valence-corrected chi connectivity index (χ2v) is 3.95. The van der Waals surface area contributed by atoms with Crippen LogP contribution < -0.4 is 11.5 Å². The summed E-state index contributed by atoms with van der Waals surface area (Å²) < 4.78 is 1.51. The number of nitrogens with two attached hydrogens (primary N) is 2. The minimum absolute atomic E-state index is 0.362. The van der Waals surface area contributed by atoms with E-state index >= 15 is 0 Å². The van der Waals surface area contributed by atoms with E-state index in [0.29, 0.717) is 23.2 Å². The normalized spacial score (nSPS) is 25.0. The summed E-state index contributed by atoms with van der Waals surface area (Å²) in [6, 6.07) is 0. The van der Waals surface area contributed by atoms with Crippen molar-refractivity contribution in [1.29, 1.82) is 0 Å². The first-order chi connectivity index (χ1) is 6.52. The van der Waals surface area contributed by atoms with Gasteiger partial charge in [-0.3, -0.25) is 9.48 Å². The molecule has 14 heavy (non-hydrogen) atoms. The van der Waals surface area contributed by atoms with Crippen molar-refractivity contribution in [3.05, 3.63) is 11.3 Å². The standard InChI is InChI=1S/C9H14N4O/c1-4-3-5(4)7-6(9(11)14)8(10)13(2)12-7/h4-5H,3,10H2,1-2H3,(H2,11,14). The molecule has 1 aromatic heterocycles. The number of primary amides is 1. The molecule has 1 aliphatic rings. The second-order valence-electron chi connectivity index (χ2n) is 3.95. The summed E-state index contributed by atoms with van der Waals surface area (Å²) in [4.78, 5) is 11.2. The summed E-state index contributed by atoms with van der Waals surface area (Å²) >= 11 is 0. The van der Waals surface area contributed by atoms with Crippen molar-refractivity contribution >= 4 is 11.7 Å². The minimum Gasteiger partial charge on any atom is -0.383 e. The highest BCUT2D eigenvalue weighted by Gasteiger charge is 2.39. The molecule has 2 atom stereocenters. The van der Waals surface area contributed by atoms with Crippen molar-refractivity contribution in [2.24, 2.45) is 18.7 Å². The quantitative estimate of drug-likeness (QED) is 0.706. The van der Waals surface area contributed by atoms with Crippen molar-refractivity contribution < 1.29 is 4.79 Å². The van der Waals surface area contributed by atoms with Gasteiger partial charge in [-0.15, -0.1) is 0 Å². The summed E-state index contributed by atoms with van der Waals surface area (Å²) in [6.07, 6.45) is 1.07. The highest BCUT2D eigenvalue weighted by atomic mass is 16.1. The number of aromatic nitrogens is 2. The molecule has 0 radical (unpaired) electrons. The fourth-order valence-electron chi connectivity index (χ4n) is 1.77. The van der Waals surface area contributed by atoms with Crippen LogP contribution in [0.2, 0.25) is 0 Å². The van der Waals surface area contributed by atoms with E-state index in [-0.39, 0.29) is 0 Å². The van der Waals surface area contributed by atoms with Crippen LogP contribution in [-0.4, -0.2) is 15.7 Å². The maximum atomic E-state index is 11.2. The predicted octanol–water partition coefficient (Wildman–Crippen LogP) is 0.225. The first kappa shape index (κ1) is 9.05. The van der Waals surface area contributed by atoms with Crippen LogP contribution in [-0.2, 0) is 7.05 Å². The number of hydrogen-bond acceptors (Lipinski definition) is 3. The van der Waals surface area contributed by atoms with Crippen LogP contribution >= 0.6 is 0 Å². The summed E-state index contributed by atoms with van der Waals surface area (Å²) in [7, 11) is 1.72. The average Bonchev–Trinajstić information content (AvgIpc) is 2.72. The molecule has 1 heterocycles. The summed E-state index contributed by atoms with van der Waals surface area (Å²) in [6.45, 7) is 2.13. The molecular formula is C9H14N4O. The number of hydrogen-bond donors (Lipinski definition) is 2. The molecule has 2 rings (SSSR count). The van der Waals surface area contributed by atoms with Gasteiger partial charge in [-0.25, -0.2) is 0 Å². The van der Waals surface area contributed by atoms with Crippen LogP contribution in [0.3, 0.4) is 0 Å². The Morgan fingerprint density at radius 1 is 1.64 bits per heavy atom. The fourth-order valence-corrected chi connectivity index (χ4v) is 1.77.